The van der Waals surface area contributed by atoms with Crippen molar-refractivity contribution in [3.05, 3.63) is 54.6 Å². The van der Waals surface area contributed by atoms with E-state index in [1.54, 1.807) is 0 Å². The fourth-order valence-corrected chi connectivity index (χ4v) is 9.27. The maximum Gasteiger partial charge on any atom is 0.113 e. The topological polar surface area (TPSA) is 0 Å². The monoisotopic (exact) mass is 746 g/mol. The van der Waals surface area contributed by atoms with Crippen LogP contribution in [0.5, 0.6) is 0 Å². The first-order valence-corrected chi connectivity index (χ1v) is 19.2. The Labute approximate surface area is 392 Å². The second-order valence-corrected chi connectivity index (χ2v) is 15.7. The van der Waals surface area contributed by atoms with E-state index in [9.17, 15) is 0 Å². The van der Waals surface area contributed by atoms with Crippen LogP contribution in [-0.4, -0.2) is 149 Å². The standard InChI is InChI=1S/C44H9B19/c45-26-17-15(14-9-10-5-1-2-6-11(10)12-7-3-4-8-13(12)14)18-20(29(48)42(61)40(59)27(18)46)16(19(17)28(47)41(60)39(26)58)23-32(51)34(53)24(35(54)33(23)52)21-22-25(36(55)38(57)30(21)49)37(56)44(63)43(62)31(22)50/h1-9H. The molecule has 0 aromatic heterocycles. The van der Waals surface area contributed by atoms with Gasteiger partial charge in [-0.05, 0) is 93.3 Å². The van der Waals surface area contributed by atoms with Gasteiger partial charge in [0.15, 0.2) is 0 Å². The number of fused-ring (bicyclic) bond motifs is 6. The minimum Gasteiger partial charge on any atom is -0.110 e. The summed E-state index contributed by atoms with van der Waals surface area (Å²) in [4.78, 5) is 0. The minimum atomic E-state index is -0.141. The average Bonchev–Trinajstić information content (AvgIpc) is 3.28. The lowest BCUT2D eigenvalue weighted by Crippen LogP contribution is -2.53. The molecule has 0 unspecified atom stereocenters. The van der Waals surface area contributed by atoms with Gasteiger partial charge in [0, 0.05) is 0 Å². The highest BCUT2D eigenvalue weighted by Crippen LogP contribution is 2.43. The Bertz CT molecular complexity index is 3500. The second-order valence-electron chi connectivity index (χ2n) is 15.7. The van der Waals surface area contributed by atoms with Gasteiger partial charge in [0.25, 0.3) is 0 Å². The van der Waals surface area contributed by atoms with Crippen molar-refractivity contribution in [2.24, 2.45) is 0 Å². The molecule has 63 heavy (non-hydrogen) atoms. The van der Waals surface area contributed by atoms with Crippen LogP contribution >= 0.6 is 0 Å². The highest BCUT2D eigenvalue weighted by molar-refractivity contribution is 6.75. The van der Waals surface area contributed by atoms with Crippen molar-refractivity contribution >= 4 is 307 Å². The van der Waals surface area contributed by atoms with Crippen molar-refractivity contribution in [1.82, 2.24) is 0 Å². The molecule has 0 amide bonds. The summed E-state index contributed by atoms with van der Waals surface area (Å²) in [5, 5.41) is 5.01. The first kappa shape index (κ1) is 43.8. The van der Waals surface area contributed by atoms with Crippen LogP contribution in [0.15, 0.2) is 54.6 Å². The predicted molar refractivity (Wildman–Crippen MR) is 293 cm³/mol. The van der Waals surface area contributed by atoms with Gasteiger partial charge in [-0.3, -0.25) is 0 Å². The van der Waals surface area contributed by atoms with Gasteiger partial charge in [0.1, 0.15) is 149 Å². The average molecular weight is 743 g/mol. The molecule has 0 N–H and O–H groups in total. The minimum absolute atomic E-state index is 0.00184. The number of benzene rings is 9. The number of hydrogen-bond donors (Lipinski definition) is 0. The van der Waals surface area contributed by atoms with E-state index in [0.717, 1.165) is 21.5 Å². The van der Waals surface area contributed by atoms with Crippen LogP contribution in [0.2, 0.25) is 0 Å². The molecule has 19 heteroatoms. The maximum atomic E-state index is 7.17. The summed E-state index contributed by atoms with van der Waals surface area (Å²) in [5.41, 5.74) is 0.636. The van der Waals surface area contributed by atoms with Crippen LogP contribution in [0.1, 0.15) is 0 Å². The lowest BCUT2D eigenvalue weighted by Gasteiger charge is -2.32. The lowest BCUT2D eigenvalue weighted by atomic mass is 9.55. The lowest BCUT2D eigenvalue weighted by molar-refractivity contribution is 1.75. The van der Waals surface area contributed by atoms with Crippen molar-refractivity contribution in [1.29, 1.82) is 0 Å². The summed E-state index contributed by atoms with van der Waals surface area (Å²) >= 11 is 0. The van der Waals surface area contributed by atoms with E-state index < -0.39 is 0 Å². The molecule has 0 saturated carbocycles. The molecule has 0 aliphatic carbocycles. The number of hydrogen-bond acceptors (Lipinski definition) is 0. The van der Waals surface area contributed by atoms with Gasteiger partial charge in [0.2, 0.25) is 0 Å². The van der Waals surface area contributed by atoms with Gasteiger partial charge >= 0.3 is 0 Å². The molecular weight excluding hydrogens is 734 g/mol. The molecule has 0 spiro atoms. The zero-order valence-electron chi connectivity index (χ0n) is 33.7. The third kappa shape index (κ3) is 5.89. The maximum absolute atomic E-state index is 7.17. The Morgan fingerprint density at radius 3 is 0.921 bits per heavy atom. The van der Waals surface area contributed by atoms with E-state index in [1.165, 1.54) is 0 Å². The fourth-order valence-electron chi connectivity index (χ4n) is 9.27. The normalized spacial score (nSPS) is 11.7. The highest BCUT2D eigenvalue weighted by atomic mass is 14.3. The molecule has 242 valence electrons. The van der Waals surface area contributed by atoms with Crippen LogP contribution in [0.3, 0.4) is 0 Å². The largest absolute Gasteiger partial charge is 0.113 e. The predicted octanol–water partition coefficient (Wildman–Crippen LogP) is -10.5. The van der Waals surface area contributed by atoms with Crippen molar-refractivity contribution in [2.45, 2.75) is 0 Å². The molecule has 38 radical (unpaired) electrons. The molecule has 9 aromatic rings. The zero-order chi connectivity index (χ0) is 45.6. The molecule has 0 nitrogen and oxygen atoms in total. The van der Waals surface area contributed by atoms with Gasteiger partial charge in [-0.15, -0.1) is 38.2 Å². The zero-order valence-corrected chi connectivity index (χ0v) is 33.7. The van der Waals surface area contributed by atoms with Crippen molar-refractivity contribution in [3.8, 4) is 33.4 Å². The van der Waals surface area contributed by atoms with Gasteiger partial charge < -0.3 is 0 Å². The van der Waals surface area contributed by atoms with Crippen LogP contribution in [0.25, 0.3) is 87.2 Å². The van der Waals surface area contributed by atoms with E-state index in [0.29, 0.717) is 21.9 Å². The smallest absolute Gasteiger partial charge is 0.110 e. The Morgan fingerprint density at radius 1 is 0.206 bits per heavy atom. The summed E-state index contributed by atoms with van der Waals surface area (Å²) in [6.45, 7) is 0. The van der Waals surface area contributed by atoms with Gasteiger partial charge in [-0.25, -0.2) is 0 Å². The first-order valence-electron chi connectivity index (χ1n) is 19.2. The van der Waals surface area contributed by atoms with E-state index >= 15 is 0 Å². The van der Waals surface area contributed by atoms with Crippen LogP contribution in [0.4, 0.5) is 0 Å². The number of rotatable bonds is 3. The van der Waals surface area contributed by atoms with Crippen LogP contribution in [0, 0.1) is 0 Å². The fraction of sp³-hybridized carbons (Fsp3) is 0. The molecule has 0 fully saturated rings. The Balaban J connectivity index is 1.55. The molecule has 0 aliphatic heterocycles. The molecule has 0 aliphatic rings. The van der Waals surface area contributed by atoms with Gasteiger partial charge in [-0.1, -0.05) is 114 Å². The Kier molecular flexibility index (Phi) is 10.6. The quantitative estimate of drug-likeness (QED) is 0.0961. The van der Waals surface area contributed by atoms with Crippen molar-refractivity contribution in [2.75, 3.05) is 0 Å². The van der Waals surface area contributed by atoms with E-state index in [4.69, 9.17) is 149 Å². The van der Waals surface area contributed by atoms with Crippen LogP contribution < -0.4 is 104 Å². The molecular formula is C44H9B19. The van der Waals surface area contributed by atoms with Crippen molar-refractivity contribution in [3.63, 3.8) is 0 Å². The Hall–Kier alpha value is -4.49. The van der Waals surface area contributed by atoms with Crippen LogP contribution in [-0.2, 0) is 0 Å². The Morgan fingerprint density at radius 2 is 0.492 bits per heavy atom. The first-order chi connectivity index (χ1) is 29.8. The molecule has 0 bridgehead atoms. The molecule has 0 saturated heterocycles. The highest BCUT2D eigenvalue weighted by Gasteiger charge is 2.29. The summed E-state index contributed by atoms with van der Waals surface area (Å²) in [6.07, 6.45) is 0. The molecule has 0 heterocycles. The SMILES string of the molecule is [B]c1c([B])c(-c2c3c([B])c([B])c([B])c([B])c3c(-c3cc4ccccc4c4ccccc34)c3c([B])c([B])c([B])c([B])c23)c([B])c([B])c1-c1c([B])c([B])c([B])c2c([B])c([B])c([B])c([B])c12. The molecule has 9 aromatic carbocycles. The molecule has 9 rings (SSSR count). The second kappa shape index (κ2) is 15.3. The summed E-state index contributed by atoms with van der Waals surface area (Å²) in [5.74, 6) is 0. The van der Waals surface area contributed by atoms with Gasteiger partial charge in [0.05, 0.1) is 0 Å². The summed E-state index contributed by atoms with van der Waals surface area (Å²) < 4.78 is 0. The summed E-state index contributed by atoms with van der Waals surface area (Å²) in [6, 6.07) is 17.8. The van der Waals surface area contributed by atoms with Gasteiger partial charge in [-0.2, -0.15) is 0 Å². The molecule has 0 atom stereocenters. The summed E-state index contributed by atoms with van der Waals surface area (Å²) in [7, 11) is 129. The third-order valence-electron chi connectivity index (χ3n) is 12.5. The van der Waals surface area contributed by atoms with E-state index in [2.05, 4.69) is 0 Å². The van der Waals surface area contributed by atoms with E-state index in [-0.39, 0.29) is 148 Å². The van der Waals surface area contributed by atoms with Crippen molar-refractivity contribution < 1.29 is 0 Å². The van der Waals surface area contributed by atoms with E-state index in [1.807, 2.05) is 54.6 Å². The third-order valence-corrected chi connectivity index (χ3v) is 12.5.